The zero-order valence-corrected chi connectivity index (χ0v) is 10.1. The average Bonchev–Trinajstić information content (AvgIpc) is 2.42. The fourth-order valence-corrected chi connectivity index (χ4v) is 1.71. The number of amides is 1. The third kappa shape index (κ3) is 3.70. The normalized spacial score (nSPS) is 15.5. The Morgan fingerprint density at radius 3 is 2.78 bits per heavy atom. The minimum atomic E-state index is -0.305. The number of benzene rings is 1. The van der Waals surface area contributed by atoms with Gasteiger partial charge >= 0.3 is 0 Å². The highest BCUT2D eigenvalue weighted by Crippen LogP contribution is 2.12. The zero-order valence-electron chi connectivity index (χ0n) is 10.1. The molecule has 1 aliphatic heterocycles. The molecule has 1 aromatic carbocycles. The molecule has 2 rings (SSSR count). The van der Waals surface area contributed by atoms with Gasteiger partial charge in [0, 0.05) is 6.54 Å². The Kier molecular flexibility index (Phi) is 4.52. The zero-order chi connectivity index (χ0) is 12.8. The Hall–Kier alpha value is -1.62. The van der Waals surface area contributed by atoms with Crippen LogP contribution in [0.5, 0.6) is 5.75 Å². The quantitative estimate of drug-likeness (QED) is 0.825. The van der Waals surface area contributed by atoms with Crippen LogP contribution in [0.15, 0.2) is 24.3 Å². The fourth-order valence-electron chi connectivity index (χ4n) is 1.71. The van der Waals surface area contributed by atoms with E-state index in [4.69, 9.17) is 9.57 Å². The summed E-state index contributed by atoms with van der Waals surface area (Å²) < 4.78 is 18.0. The minimum Gasteiger partial charge on any atom is -0.493 e. The summed E-state index contributed by atoms with van der Waals surface area (Å²) in [6.45, 7) is 1.52. The molecule has 1 aliphatic rings. The smallest absolute Gasteiger partial charge is 0.249 e. The molecule has 1 heterocycles. The molecule has 0 radical (unpaired) electrons. The van der Waals surface area contributed by atoms with Crippen LogP contribution >= 0.6 is 0 Å². The van der Waals surface area contributed by atoms with Crippen LogP contribution in [0.1, 0.15) is 19.3 Å². The van der Waals surface area contributed by atoms with E-state index in [0.29, 0.717) is 18.9 Å². The van der Waals surface area contributed by atoms with Crippen molar-refractivity contribution in [3.05, 3.63) is 30.1 Å². The Morgan fingerprint density at radius 1 is 1.33 bits per heavy atom. The van der Waals surface area contributed by atoms with Crippen molar-refractivity contribution in [2.75, 3.05) is 19.8 Å². The van der Waals surface area contributed by atoms with Crippen LogP contribution < -0.4 is 4.74 Å². The van der Waals surface area contributed by atoms with E-state index in [1.165, 1.54) is 29.3 Å². The van der Waals surface area contributed by atoms with Crippen molar-refractivity contribution in [2.45, 2.75) is 19.3 Å². The fraction of sp³-hybridized carbons (Fsp3) is 0.462. The molecule has 0 saturated carbocycles. The molecule has 4 nitrogen and oxygen atoms in total. The van der Waals surface area contributed by atoms with Gasteiger partial charge in [-0.15, -0.1) is 0 Å². The van der Waals surface area contributed by atoms with Gasteiger partial charge in [0.15, 0.2) is 0 Å². The van der Waals surface area contributed by atoms with E-state index in [1.807, 2.05) is 0 Å². The summed E-state index contributed by atoms with van der Waals surface area (Å²) in [4.78, 5) is 16.9. The van der Waals surface area contributed by atoms with E-state index in [1.54, 1.807) is 0 Å². The van der Waals surface area contributed by atoms with Gasteiger partial charge in [0.1, 0.15) is 11.6 Å². The summed E-state index contributed by atoms with van der Waals surface area (Å²) in [5, 5.41) is 1.40. The highest BCUT2D eigenvalue weighted by atomic mass is 19.1. The van der Waals surface area contributed by atoms with Crippen LogP contribution in [0.25, 0.3) is 0 Å². The molecule has 18 heavy (non-hydrogen) atoms. The lowest BCUT2D eigenvalue weighted by Gasteiger charge is -2.25. The van der Waals surface area contributed by atoms with Gasteiger partial charge in [-0.1, -0.05) is 0 Å². The molecule has 1 amide bonds. The summed E-state index contributed by atoms with van der Waals surface area (Å²) in [6, 6.07) is 5.73. The first kappa shape index (κ1) is 12.8. The van der Waals surface area contributed by atoms with E-state index in [0.717, 1.165) is 12.8 Å². The van der Waals surface area contributed by atoms with Crippen LogP contribution in [-0.4, -0.2) is 30.7 Å². The third-order valence-electron chi connectivity index (χ3n) is 2.68. The Morgan fingerprint density at radius 2 is 2.11 bits per heavy atom. The predicted molar refractivity (Wildman–Crippen MR) is 63.4 cm³/mol. The summed E-state index contributed by atoms with van der Waals surface area (Å²) >= 11 is 0. The van der Waals surface area contributed by atoms with Gasteiger partial charge in [0.25, 0.3) is 0 Å². The molecule has 0 spiro atoms. The topological polar surface area (TPSA) is 38.8 Å². The minimum absolute atomic E-state index is 0.0724. The highest BCUT2D eigenvalue weighted by molar-refractivity contribution is 5.75. The van der Waals surface area contributed by atoms with Crippen molar-refractivity contribution in [1.82, 2.24) is 5.06 Å². The lowest BCUT2D eigenvalue weighted by Crippen LogP contribution is -2.36. The first-order valence-electron chi connectivity index (χ1n) is 6.07. The number of halogens is 1. The number of hydroxylamine groups is 2. The molecule has 0 aromatic heterocycles. The third-order valence-corrected chi connectivity index (χ3v) is 2.68. The van der Waals surface area contributed by atoms with Crippen LogP contribution in [0, 0.1) is 5.82 Å². The number of hydrogen-bond donors (Lipinski definition) is 0. The van der Waals surface area contributed by atoms with Crippen molar-refractivity contribution in [1.29, 1.82) is 0 Å². The highest BCUT2D eigenvalue weighted by Gasteiger charge is 2.17. The van der Waals surface area contributed by atoms with E-state index >= 15 is 0 Å². The first-order chi connectivity index (χ1) is 8.75. The van der Waals surface area contributed by atoms with E-state index in [9.17, 15) is 9.18 Å². The maximum absolute atomic E-state index is 12.6. The number of carbonyl (C=O) groups excluding carboxylic acids is 1. The SMILES string of the molecule is O=C(CCOc1ccc(F)cc1)N1CCCCO1. The van der Waals surface area contributed by atoms with Crippen LogP contribution in [0.4, 0.5) is 4.39 Å². The molecule has 0 bridgehead atoms. The molecule has 0 unspecified atom stereocenters. The van der Waals surface area contributed by atoms with Gasteiger partial charge in [0.2, 0.25) is 5.91 Å². The molecule has 98 valence electrons. The van der Waals surface area contributed by atoms with Gasteiger partial charge in [-0.25, -0.2) is 9.45 Å². The van der Waals surface area contributed by atoms with Crippen molar-refractivity contribution in [3.63, 3.8) is 0 Å². The van der Waals surface area contributed by atoms with Crippen molar-refractivity contribution >= 4 is 5.91 Å². The number of nitrogens with zero attached hydrogens (tertiary/aromatic N) is 1. The maximum atomic E-state index is 12.6. The monoisotopic (exact) mass is 253 g/mol. The Labute approximate surface area is 105 Å². The first-order valence-corrected chi connectivity index (χ1v) is 6.07. The number of hydrogen-bond acceptors (Lipinski definition) is 3. The van der Waals surface area contributed by atoms with Crippen molar-refractivity contribution < 1.29 is 18.8 Å². The number of rotatable bonds is 4. The molecule has 5 heteroatoms. The predicted octanol–water partition coefficient (Wildman–Crippen LogP) is 2.15. The molecular weight excluding hydrogens is 237 g/mol. The number of ether oxygens (including phenoxy) is 1. The second-order valence-electron chi connectivity index (χ2n) is 4.09. The molecule has 0 N–H and O–H groups in total. The van der Waals surface area contributed by atoms with E-state index in [-0.39, 0.29) is 24.8 Å². The lowest BCUT2D eigenvalue weighted by molar-refractivity contribution is -0.197. The van der Waals surface area contributed by atoms with Gasteiger partial charge < -0.3 is 4.74 Å². The van der Waals surface area contributed by atoms with Gasteiger partial charge in [-0.2, -0.15) is 0 Å². The van der Waals surface area contributed by atoms with E-state index < -0.39 is 0 Å². The molecular formula is C13H16FNO3. The molecule has 0 aliphatic carbocycles. The number of carbonyl (C=O) groups is 1. The van der Waals surface area contributed by atoms with Gasteiger partial charge in [-0.3, -0.25) is 9.63 Å². The van der Waals surface area contributed by atoms with Crippen molar-refractivity contribution in [2.24, 2.45) is 0 Å². The molecule has 1 fully saturated rings. The Balaban J connectivity index is 1.71. The molecule has 1 saturated heterocycles. The van der Waals surface area contributed by atoms with Crippen LogP contribution in [0.3, 0.4) is 0 Å². The summed E-state index contributed by atoms with van der Waals surface area (Å²) in [7, 11) is 0. The molecule has 0 atom stereocenters. The van der Waals surface area contributed by atoms with Crippen LogP contribution in [-0.2, 0) is 9.63 Å². The average molecular weight is 253 g/mol. The second-order valence-corrected chi connectivity index (χ2v) is 4.09. The summed E-state index contributed by atoms with van der Waals surface area (Å²) in [5.74, 6) is 0.181. The van der Waals surface area contributed by atoms with Crippen LogP contribution in [0.2, 0.25) is 0 Å². The summed E-state index contributed by atoms with van der Waals surface area (Å²) in [6.07, 6.45) is 2.23. The lowest BCUT2D eigenvalue weighted by atomic mass is 10.3. The second kappa shape index (κ2) is 6.35. The molecule has 1 aromatic rings. The van der Waals surface area contributed by atoms with Crippen molar-refractivity contribution in [3.8, 4) is 5.75 Å². The van der Waals surface area contributed by atoms with Gasteiger partial charge in [-0.05, 0) is 37.1 Å². The standard InChI is InChI=1S/C13H16FNO3/c14-11-3-5-12(6-4-11)17-10-7-13(16)15-8-1-2-9-18-15/h3-6H,1-2,7-10H2. The Bertz CT molecular complexity index is 388. The largest absolute Gasteiger partial charge is 0.493 e. The van der Waals surface area contributed by atoms with E-state index in [2.05, 4.69) is 0 Å². The van der Waals surface area contributed by atoms with Gasteiger partial charge in [0.05, 0.1) is 19.6 Å². The maximum Gasteiger partial charge on any atom is 0.249 e. The summed E-state index contributed by atoms with van der Waals surface area (Å²) in [5.41, 5.74) is 0.